The van der Waals surface area contributed by atoms with Gasteiger partial charge < -0.3 is 9.13 Å². The minimum absolute atomic E-state index is 0.0953. The van der Waals surface area contributed by atoms with Crippen LogP contribution >= 0.6 is 0 Å². The van der Waals surface area contributed by atoms with Crippen LogP contribution in [0.15, 0.2) is 97.2 Å². The summed E-state index contributed by atoms with van der Waals surface area (Å²) in [6.07, 6.45) is 1.86. The molecule has 7 rings (SSSR count). The van der Waals surface area contributed by atoms with Crippen LogP contribution in [0, 0.1) is 0 Å². The van der Waals surface area contributed by atoms with Crippen molar-refractivity contribution in [1.29, 1.82) is 0 Å². The molecule has 40 heavy (non-hydrogen) atoms. The summed E-state index contributed by atoms with van der Waals surface area (Å²) >= 11 is 0. The number of pyridine rings is 2. The molecule has 0 spiro atoms. The quantitative estimate of drug-likeness (QED) is 0.227. The molecule has 0 aliphatic rings. The van der Waals surface area contributed by atoms with Gasteiger partial charge in [-0.3, -0.25) is 4.98 Å². The van der Waals surface area contributed by atoms with Gasteiger partial charge in [0.2, 0.25) is 0 Å². The van der Waals surface area contributed by atoms with E-state index in [9.17, 15) is 0 Å². The molecule has 0 bridgehead atoms. The van der Waals surface area contributed by atoms with Gasteiger partial charge in [0.15, 0.2) is 0 Å². The Hall–Kier alpha value is -4.44. The Labute approximate surface area is 234 Å². The van der Waals surface area contributed by atoms with Crippen molar-refractivity contribution in [2.45, 2.75) is 52.4 Å². The average molecular weight is 523 g/mol. The molecule has 0 saturated heterocycles. The third-order valence-electron chi connectivity index (χ3n) is 8.10. The molecule has 0 saturated carbocycles. The normalized spacial score (nSPS) is 12.8. The minimum atomic E-state index is 0.0953. The van der Waals surface area contributed by atoms with E-state index in [4.69, 9.17) is 9.97 Å². The van der Waals surface area contributed by atoms with E-state index >= 15 is 0 Å². The number of aromatic nitrogens is 4. The lowest BCUT2D eigenvalue weighted by Crippen LogP contribution is -2.10. The molecular weight excluding hydrogens is 488 g/mol. The summed E-state index contributed by atoms with van der Waals surface area (Å²) < 4.78 is 4.66. The number of rotatable bonds is 2. The smallest absolute Gasteiger partial charge is 0.116 e. The second kappa shape index (κ2) is 8.53. The van der Waals surface area contributed by atoms with Crippen LogP contribution in [0.2, 0.25) is 0 Å². The number of para-hydroxylation sites is 1. The van der Waals surface area contributed by atoms with Gasteiger partial charge in [0, 0.05) is 23.0 Å². The molecule has 0 N–H and O–H groups in total. The molecule has 0 atom stereocenters. The van der Waals surface area contributed by atoms with Crippen molar-refractivity contribution < 1.29 is 0 Å². The molecule has 0 fully saturated rings. The fourth-order valence-corrected chi connectivity index (χ4v) is 5.87. The molecule has 4 nitrogen and oxygen atoms in total. The molecule has 4 aromatic heterocycles. The van der Waals surface area contributed by atoms with Gasteiger partial charge in [-0.05, 0) is 70.5 Å². The summed E-state index contributed by atoms with van der Waals surface area (Å²) in [5.74, 6) is 0. The molecule has 4 heterocycles. The highest BCUT2D eigenvalue weighted by Crippen LogP contribution is 2.37. The lowest BCUT2D eigenvalue weighted by Gasteiger charge is -2.19. The first-order chi connectivity index (χ1) is 19.1. The van der Waals surface area contributed by atoms with E-state index in [1.54, 1.807) is 0 Å². The van der Waals surface area contributed by atoms with Crippen LogP contribution in [-0.4, -0.2) is 19.1 Å². The van der Waals surface area contributed by atoms with Gasteiger partial charge in [-0.15, -0.1) is 0 Å². The molecule has 198 valence electrons. The maximum absolute atomic E-state index is 5.34. The third-order valence-corrected chi connectivity index (χ3v) is 8.10. The number of nitrogens with zero attached hydrogens (tertiary/aromatic N) is 4. The summed E-state index contributed by atoms with van der Waals surface area (Å²) in [6.45, 7) is 13.5. The molecule has 3 aromatic carbocycles. The van der Waals surface area contributed by atoms with Crippen LogP contribution in [0.1, 0.15) is 52.7 Å². The van der Waals surface area contributed by atoms with Gasteiger partial charge >= 0.3 is 0 Å². The predicted octanol–water partition coefficient (Wildman–Crippen LogP) is 9.27. The Bertz CT molecular complexity index is 1900. The Morgan fingerprint density at radius 1 is 0.500 bits per heavy atom. The third kappa shape index (κ3) is 3.74. The topological polar surface area (TPSA) is 35.6 Å². The van der Waals surface area contributed by atoms with Gasteiger partial charge in [-0.1, -0.05) is 84.0 Å². The van der Waals surface area contributed by atoms with E-state index in [1.807, 2.05) is 12.3 Å². The zero-order valence-corrected chi connectivity index (χ0v) is 24.0. The molecular formula is C36H34N4. The Morgan fingerprint density at radius 3 is 1.62 bits per heavy atom. The van der Waals surface area contributed by atoms with Crippen LogP contribution in [0.4, 0.5) is 0 Å². The van der Waals surface area contributed by atoms with Gasteiger partial charge in [0.05, 0.1) is 27.6 Å². The number of hydrogen-bond donors (Lipinski definition) is 0. The van der Waals surface area contributed by atoms with Gasteiger partial charge in [0.25, 0.3) is 0 Å². The molecule has 0 aliphatic heterocycles. The van der Waals surface area contributed by atoms with Gasteiger partial charge in [-0.2, -0.15) is 0 Å². The Morgan fingerprint density at radius 2 is 1.02 bits per heavy atom. The van der Waals surface area contributed by atoms with E-state index in [2.05, 4.69) is 136 Å². The van der Waals surface area contributed by atoms with Crippen LogP contribution in [0.3, 0.4) is 0 Å². The lowest BCUT2D eigenvalue weighted by atomic mass is 9.87. The first kappa shape index (κ1) is 24.6. The zero-order chi connectivity index (χ0) is 27.8. The Kier molecular flexibility index (Phi) is 5.24. The van der Waals surface area contributed by atoms with Crippen LogP contribution in [0.5, 0.6) is 0 Å². The zero-order valence-electron chi connectivity index (χ0n) is 24.0. The van der Waals surface area contributed by atoms with E-state index in [1.165, 1.54) is 11.1 Å². The summed E-state index contributed by atoms with van der Waals surface area (Å²) in [5.41, 5.74) is 12.3. The SMILES string of the molecule is CC(C)(C)c1ccc(-n2c3ccccc3c3nc4c5ncccc5n(-c5ccc(C(C)(C)C)cc5)c4cc32)cc1. The van der Waals surface area contributed by atoms with E-state index < -0.39 is 0 Å². The molecule has 0 unspecified atom stereocenters. The first-order valence-corrected chi connectivity index (χ1v) is 14.0. The van der Waals surface area contributed by atoms with Crippen molar-refractivity contribution in [3.63, 3.8) is 0 Å². The van der Waals surface area contributed by atoms with E-state index in [0.29, 0.717) is 0 Å². The largest absolute Gasteiger partial charge is 0.308 e. The fourth-order valence-electron chi connectivity index (χ4n) is 5.87. The first-order valence-electron chi connectivity index (χ1n) is 14.0. The maximum atomic E-state index is 5.34. The molecule has 7 aromatic rings. The highest BCUT2D eigenvalue weighted by Gasteiger charge is 2.21. The van der Waals surface area contributed by atoms with Crippen molar-refractivity contribution in [2.75, 3.05) is 0 Å². The van der Waals surface area contributed by atoms with Crippen LogP contribution < -0.4 is 0 Å². The monoisotopic (exact) mass is 522 g/mol. The number of hydrogen-bond acceptors (Lipinski definition) is 2. The second-order valence-corrected chi connectivity index (χ2v) is 12.9. The fraction of sp³-hybridized carbons (Fsp3) is 0.222. The summed E-state index contributed by atoms with van der Waals surface area (Å²) in [4.78, 5) is 10.1. The van der Waals surface area contributed by atoms with Crippen molar-refractivity contribution in [2.24, 2.45) is 0 Å². The standard InChI is InChI=1S/C36H34N4/c1-35(2,3)23-13-17-25(18-14-23)39-28-11-8-7-10-27(28)32-30(39)22-31-34(38-32)33-29(12-9-21-37-33)40(31)26-19-15-24(16-20-26)36(4,5)6/h7-22H,1-6H3. The summed E-state index contributed by atoms with van der Waals surface area (Å²) in [6, 6.07) is 32.9. The van der Waals surface area contributed by atoms with Crippen molar-refractivity contribution in [3.05, 3.63) is 108 Å². The van der Waals surface area contributed by atoms with Crippen molar-refractivity contribution >= 4 is 44.0 Å². The van der Waals surface area contributed by atoms with Gasteiger partial charge in [0.1, 0.15) is 11.0 Å². The molecule has 0 amide bonds. The highest BCUT2D eigenvalue weighted by atomic mass is 15.0. The van der Waals surface area contributed by atoms with Crippen molar-refractivity contribution in [3.8, 4) is 11.4 Å². The highest BCUT2D eigenvalue weighted by molar-refractivity contribution is 6.14. The van der Waals surface area contributed by atoms with E-state index in [0.717, 1.165) is 55.4 Å². The number of fused-ring (bicyclic) bond motifs is 6. The summed E-state index contributed by atoms with van der Waals surface area (Å²) in [5, 5.41) is 1.14. The lowest BCUT2D eigenvalue weighted by molar-refractivity contribution is 0.590. The molecule has 4 heteroatoms. The van der Waals surface area contributed by atoms with Crippen molar-refractivity contribution in [1.82, 2.24) is 19.1 Å². The average Bonchev–Trinajstić information content (AvgIpc) is 3.43. The van der Waals surface area contributed by atoms with Crippen LogP contribution in [0.25, 0.3) is 55.4 Å². The predicted molar refractivity (Wildman–Crippen MR) is 168 cm³/mol. The molecule has 0 radical (unpaired) electrons. The Balaban J connectivity index is 1.55. The summed E-state index contributed by atoms with van der Waals surface area (Å²) in [7, 11) is 0. The minimum Gasteiger partial charge on any atom is -0.308 e. The van der Waals surface area contributed by atoms with E-state index in [-0.39, 0.29) is 10.8 Å². The van der Waals surface area contributed by atoms with Crippen LogP contribution in [-0.2, 0) is 10.8 Å². The second-order valence-electron chi connectivity index (χ2n) is 12.9. The number of benzene rings is 3. The maximum Gasteiger partial charge on any atom is 0.116 e. The van der Waals surface area contributed by atoms with Gasteiger partial charge in [-0.25, -0.2) is 4.98 Å². The molecule has 0 aliphatic carbocycles.